The lowest BCUT2D eigenvalue weighted by Gasteiger charge is -2.29. The summed E-state index contributed by atoms with van der Waals surface area (Å²) in [6.45, 7) is 5.83. The molecule has 0 amide bonds. The van der Waals surface area contributed by atoms with Crippen molar-refractivity contribution in [2.75, 3.05) is 31.9 Å². The first-order chi connectivity index (χ1) is 9.55. The molecule has 0 radical (unpaired) electrons. The summed E-state index contributed by atoms with van der Waals surface area (Å²) in [6.07, 6.45) is 6.99. The van der Waals surface area contributed by atoms with Crippen LogP contribution in [-0.4, -0.2) is 57.3 Å². The molecule has 0 spiro atoms. The molecule has 1 aliphatic heterocycles. The predicted octanol–water partition coefficient (Wildman–Crippen LogP) is 0.922. The van der Waals surface area contributed by atoms with Gasteiger partial charge in [0.1, 0.15) is 0 Å². The topological polar surface area (TPSA) is 61.4 Å². The van der Waals surface area contributed by atoms with E-state index in [9.17, 15) is 8.42 Å². The number of likely N-dealkylation sites (tertiary alicyclic amines) is 1. The second kappa shape index (κ2) is 7.73. The van der Waals surface area contributed by atoms with Gasteiger partial charge < -0.3 is 10.2 Å². The normalized spacial score (nSPS) is 22.9. The second-order valence-electron chi connectivity index (χ2n) is 6.28. The van der Waals surface area contributed by atoms with Crippen molar-refractivity contribution in [2.24, 2.45) is 0 Å². The average molecular weight is 303 g/mol. The van der Waals surface area contributed by atoms with Gasteiger partial charge in [0.15, 0.2) is 0 Å². The first-order valence-electron chi connectivity index (χ1n) is 8.01. The molecule has 1 saturated heterocycles. The lowest BCUT2D eigenvalue weighted by molar-refractivity contribution is 0.215. The van der Waals surface area contributed by atoms with Crippen LogP contribution >= 0.6 is 0 Å². The zero-order chi connectivity index (χ0) is 14.4. The minimum absolute atomic E-state index is 0.00879. The summed E-state index contributed by atoms with van der Waals surface area (Å²) in [5.41, 5.74) is 0. The van der Waals surface area contributed by atoms with Crippen molar-refractivity contribution in [3.05, 3.63) is 0 Å². The zero-order valence-corrected chi connectivity index (χ0v) is 13.4. The highest BCUT2D eigenvalue weighted by Gasteiger charge is 2.21. The second-order valence-corrected chi connectivity index (χ2v) is 8.15. The van der Waals surface area contributed by atoms with E-state index in [1.165, 1.54) is 32.1 Å². The number of sulfonamides is 1. The van der Waals surface area contributed by atoms with E-state index in [1.807, 2.05) is 6.92 Å². The molecule has 2 N–H and O–H groups in total. The Morgan fingerprint density at radius 3 is 2.55 bits per heavy atom. The van der Waals surface area contributed by atoms with E-state index in [1.54, 1.807) is 0 Å². The molecule has 0 aromatic rings. The predicted molar refractivity (Wildman–Crippen MR) is 82.3 cm³/mol. The Bertz CT molecular complexity index is 376. The third-order valence-electron chi connectivity index (χ3n) is 3.96. The highest BCUT2D eigenvalue weighted by atomic mass is 32.2. The Morgan fingerprint density at radius 2 is 1.90 bits per heavy atom. The van der Waals surface area contributed by atoms with Gasteiger partial charge in [-0.15, -0.1) is 0 Å². The number of piperidine rings is 1. The number of nitrogens with zero attached hydrogens (tertiary/aromatic N) is 1. The minimum Gasteiger partial charge on any atom is -0.314 e. The van der Waals surface area contributed by atoms with Crippen LogP contribution in [-0.2, 0) is 10.0 Å². The number of hydrogen-bond donors (Lipinski definition) is 2. The first-order valence-corrected chi connectivity index (χ1v) is 9.66. The maximum absolute atomic E-state index is 12.0. The molecule has 2 aliphatic rings. The molecule has 1 unspecified atom stereocenters. The summed E-state index contributed by atoms with van der Waals surface area (Å²) in [7, 11) is -3.13. The maximum Gasteiger partial charge on any atom is 0.211 e. The van der Waals surface area contributed by atoms with Crippen LogP contribution in [0.15, 0.2) is 0 Å². The highest BCUT2D eigenvalue weighted by molar-refractivity contribution is 7.89. The smallest absolute Gasteiger partial charge is 0.211 e. The van der Waals surface area contributed by atoms with Crippen LogP contribution in [0, 0.1) is 0 Å². The Kier molecular flexibility index (Phi) is 6.26. The molecule has 2 rings (SSSR count). The molecule has 1 saturated carbocycles. The molecule has 1 aliphatic carbocycles. The first kappa shape index (κ1) is 16.2. The van der Waals surface area contributed by atoms with Crippen LogP contribution in [0.2, 0.25) is 0 Å². The number of rotatable bonds is 9. The summed E-state index contributed by atoms with van der Waals surface area (Å²) in [6, 6.07) is 0.665. The van der Waals surface area contributed by atoms with E-state index in [4.69, 9.17) is 0 Å². The molecule has 1 atom stereocenters. The Labute approximate surface area is 123 Å². The number of hydrogen-bond acceptors (Lipinski definition) is 4. The van der Waals surface area contributed by atoms with Crippen molar-refractivity contribution in [1.82, 2.24) is 14.9 Å². The van der Waals surface area contributed by atoms with Gasteiger partial charge in [0.2, 0.25) is 10.0 Å². The standard InChI is InChI=1S/C14H29N3O2S/c1-13(12-17-9-3-2-4-10-17)16-20(18,19)11-5-8-15-14-6-7-14/h13-16H,2-12H2,1H3. The van der Waals surface area contributed by atoms with Gasteiger partial charge in [0, 0.05) is 18.6 Å². The molecular formula is C14H29N3O2S. The van der Waals surface area contributed by atoms with Gasteiger partial charge in [0.25, 0.3) is 0 Å². The fourth-order valence-corrected chi connectivity index (χ4v) is 4.12. The van der Waals surface area contributed by atoms with Gasteiger partial charge in [-0.2, -0.15) is 0 Å². The van der Waals surface area contributed by atoms with Gasteiger partial charge in [0.05, 0.1) is 5.75 Å². The molecule has 20 heavy (non-hydrogen) atoms. The fourth-order valence-electron chi connectivity index (χ4n) is 2.79. The van der Waals surface area contributed by atoms with Crippen molar-refractivity contribution in [3.8, 4) is 0 Å². The monoisotopic (exact) mass is 303 g/mol. The van der Waals surface area contributed by atoms with Crippen molar-refractivity contribution in [2.45, 2.75) is 57.5 Å². The van der Waals surface area contributed by atoms with Crippen LogP contribution in [0.1, 0.15) is 45.4 Å². The summed E-state index contributed by atoms with van der Waals surface area (Å²) in [5, 5.41) is 3.35. The molecular weight excluding hydrogens is 274 g/mol. The van der Waals surface area contributed by atoms with E-state index < -0.39 is 10.0 Å². The van der Waals surface area contributed by atoms with Crippen LogP contribution in [0.5, 0.6) is 0 Å². The molecule has 0 aromatic carbocycles. The largest absolute Gasteiger partial charge is 0.314 e. The van der Waals surface area contributed by atoms with Crippen LogP contribution in [0.3, 0.4) is 0 Å². The molecule has 6 heteroatoms. The molecule has 0 aromatic heterocycles. The lowest BCUT2D eigenvalue weighted by Crippen LogP contribution is -2.44. The molecule has 0 bridgehead atoms. The minimum atomic E-state index is -3.13. The summed E-state index contributed by atoms with van der Waals surface area (Å²) >= 11 is 0. The van der Waals surface area contributed by atoms with E-state index >= 15 is 0 Å². The summed E-state index contributed by atoms with van der Waals surface area (Å²) in [5.74, 6) is 0.233. The third kappa shape index (κ3) is 6.52. The summed E-state index contributed by atoms with van der Waals surface area (Å²) in [4.78, 5) is 2.37. The van der Waals surface area contributed by atoms with Gasteiger partial charge >= 0.3 is 0 Å². The van der Waals surface area contributed by atoms with Crippen molar-refractivity contribution >= 4 is 10.0 Å². The Hall–Kier alpha value is -0.170. The molecule has 2 fully saturated rings. The van der Waals surface area contributed by atoms with Crippen LogP contribution in [0.4, 0.5) is 0 Å². The average Bonchev–Trinajstić information content (AvgIpc) is 3.19. The maximum atomic E-state index is 12.0. The van der Waals surface area contributed by atoms with E-state index in [-0.39, 0.29) is 11.8 Å². The quantitative estimate of drug-likeness (QED) is 0.622. The van der Waals surface area contributed by atoms with E-state index in [0.29, 0.717) is 12.5 Å². The Morgan fingerprint density at radius 1 is 1.20 bits per heavy atom. The van der Waals surface area contributed by atoms with Crippen molar-refractivity contribution < 1.29 is 8.42 Å². The van der Waals surface area contributed by atoms with Gasteiger partial charge in [-0.25, -0.2) is 13.1 Å². The van der Waals surface area contributed by atoms with Crippen molar-refractivity contribution in [3.63, 3.8) is 0 Å². The van der Waals surface area contributed by atoms with Crippen LogP contribution in [0.25, 0.3) is 0 Å². The van der Waals surface area contributed by atoms with E-state index in [2.05, 4.69) is 14.9 Å². The molecule has 1 heterocycles. The summed E-state index contributed by atoms with van der Waals surface area (Å²) < 4.78 is 26.8. The van der Waals surface area contributed by atoms with Gasteiger partial charge in [-0.05, 0) is 58.7 Å². The fraction of sp³-hybridized carbons (Fsp3) is 1.00. The Balaban J connectivity index is 1.61. The highest BCUT2D eigenvalue weighted by Crippen LogP contribution is 2.18. The van der Waals surface area contributed by atoms with Gasteiger partial charge in [-0.1, -0.05) is 6.42 Å². The third-order valence-corrected chi connectivity index (χ3v) is 5.55. The molecule has 118 valence electrons. The van der Waals surface area contributed by atoms with Gasteiger partial charge in [-0.3, -0.25) is 0 Å². The SMILES string of the molecule is CC(CN1CCCCC1)NS(=O)(=O)CCCNC1CC1. The molecule has 5 nitrogen and oxygen atoms in total. The van der Waals surface area contributed by atoms with Crippen LogP contribution < -0.4 is 10.0 Å². The number of nitrogens with one attached hydrogen (secondary N) is 2. The zero-order valence-electron chi connectivity index (χ0n) is 12.6. The lowest BCUT2D eigenvalue weighted by atomic mass is 10.1. The van der Waals surface area contributed by atoms with E-state index in [0.717, 1.165) is 26.2 Å². The van der Waals surface area contributed by atoms with Crippen molar-refractivity contribution in [1.29, 1.82) is 0 Å².